The first kappa shape index (κ1) is 29.1. The molecule has 1 aliphatic rings. The number of aliphatic hydroxyl groups is 1. The summed E-state index contributed by atoms with van der Waals surface area (Å²) in [6.07, 6.45) is 5.48. The molecule has 1 saturated carbocycles. The molecular weight excluding hydrogens is 565 g/mol. The molecular formula is C27H34BrCl2N3O3. The summed E-state index contributed by atoms with van der Waals surface area (Å²) in [4.78, 5) is 2.05. The highest BCUT2D eigenvalue weighted by atomic mass is 79.9. The molecule has 1 N–H and O–H groups in total. The first-order valence-electron chi connectivity index (χ1n) is 12.2. The number of rotatable bonds is 10. The summed E-state index contributed by atoms with van der Waals surface area (Å²) in [5, 5.41) is 21.7. The lowest BCUT2D eigenvalue weighted by atomic mass is 9.73. The van der Waals surface area contributed by atoms with Crippen molar-refractivity contribution in [3.63, 3.8) is 0 Å². The second-order valence-corrected chi connectivity index (χ2v) is 10.4. The summed E-state index contributed by atoms with van der Waals surface area (Å²) < 4.78 is 12.3. The summed E-state index contributed by atoms with van der Waals surface area (Å²) in [6.45, 7) is 1.05. The zero-order valence-corrected chi connectivity index (χ0v) is 23.9. The first-order chi connectivity index (χ1) is 16.9. The van der Waals surface area contributed by atoms with Crippen LogP contribution in [0.1, 0.15) is 55.0 Å². The predicted octanol–water partition coefficient (Wildman–Crippen LogP) is 6.46. The average Bonchev–Trinajstić information content (AvgIpc) is 3.34. The number of hydrogen-bond acceptors (Lipinski definition) is 6. The van der Waals surface area contributed by atoms with Crippen LogP contribution in [0.5, 0.6) is 0 Å². The van der Waals surface area contributed by atoms with E-state index in [2.05, 4.69) is 15.1 Å². The lowest BCUT2D eigenvalue weighted by Gasteiger charge is -2.36. The Balaban J connectivity index is 0.00000361. The number of nitrogens with zero attached hydrogens (tertiary/aromatic N) is 3. The molecule has 6 nitrogen and oxygen atoms in total. The number of hydrogen-bond donors (Lipinski definition) is 1. The van der Waals surface area contributed by atoms with Gasteiger partial charge in [0, 0.05) is 12.5 Å². The molecule has 1 heterocycles. The summed E-state index contributed by atoms with van der Waals surface area (Å²) in [7, 11) is 3.98. The van der Waals surface area contributed by atoms with Crippen LogP contribution in [0.2, 0.25) is 10.0 Å². The fourth-order valence-corrected chi connectivity index (χ4v) is 5.18. The molecule has 2 aromatic carbocycles. The van der Waals surface area contributed by atoms with Crippen molar-refractivity contribution in [3.8, 4) is 0 Å². The van der Waals surface area contributed by atoms with Crippen LogP contribution in [-0.2, 0) is 23.4 Å². The third-order valence-electron chi connectivity index (χ3n) is 6.64. The zero-order chi connectivity index (χ0) is 24.8. The number of ether oxygens (including phenoxy) is 1. The Hall–Kier alpha value is -1.48. The Morgan fingerprint density at radius 1 is 1.06 bits per heavy atom. The van der Waals surface area contributed by atoms with Crippen LogP contribution >= 0.6 is 40.2 Å². The minimum atomic E-state index is -1.30. The van der Waals surface area contributed by atoms with Crippen LogP contribution in [0, 0.1) is 5.92 Å². The minimum absolute atomic E-state index is 0. The standard InChI is InChI=1S/C27H33Cl2N3O3.BrH/c1-32(2)17-22(34-18-19-13-14-23(28)24(29)15-19)16-25-30-31-26(35-25)27(33,20-9-5-3-6-10-20)21-11-7-4-8-12-21;/h3,5-6,9-10,13-15,21-22,33H,4,7-8,11-12,16-18H2,1-2H3;1H. The van der Waals surface area contributed by atoms with Gasteiger partial charge in [-0.3, -0.25) is 0 Å². The Kier molecular flexibility index (Phi) is 10.8. The Morgan fingerprint density at radius 3 is 2.44 bits per heavy atom. The molecule has 1 fully saturated rings. The van der Waals surface area contributed by atoms with Crippen molar-refractivity contribution in [1.82, 2.24) is 15.1 Å². The van der Waals surface area contributed by atoms with Crippen LogP contribution in [0.25, 0.3) is 0 Å². The van der Waals surface area contributed by atoms with Crippen molar-refractivity contribution in [1.29, 1.82) is 0 Å². The lowest BCUT2D eigenvalue weighted by molar-refractivity contribution is -0.0252. The van der Waals surface area contributed by atoms with E-state index in [1.165, 1.54) is 6.42 Å². The van der Waals surface area contributed by atoms with E-state index in [-0.39, 0.29) is 34.9 Å². The predicted molar refractivity (Wildman–Crippen MR) is 148 cm³/mol. The second kappa shape index (κ2) is 13.4. The highest BCUT2D eigenvalue weighted by molar-refractivity contribution is 8.93. The number of benzene rings is 2. The normalized spacial score (nSPS) is 16.9. The van der Waals surface area contributed by atoms with Gasteiger partial charge in [0.1, 0.15) is 0 Å². The van der Waals surface area contributed by atoms with Crippen LogP contribution in [0.4, 0.5) is 0 Å². The van der Waals surface area contributed by atoms with Gasteiger partial charge in [0.05, 0.1) is 29.2 Å². The smallest absolute Gasteiger partial charge is 0.252 e. The molecule has 3 aromatic rings. The Labute approximate surface area is 233 Å². The largest absolute Gasteiger partial charge is 0.422 e. The quantitative estimate of drug-likeness (QED) is 0.289. The van der Waals surface area contributed by atoms with E-state index in [1.54, 1.807) is 6.07 Å². The van der Waals surface area contributed by atoms with Gasteiger partial charge in [0.25, 0.3) is 5.89 Å². The number of aromatic nitrogens is 2. The molecule has 1 aliphatic carbocycles. The van der Waals surface area contributed by atoms with E-state index in [9.17, 15) is 5.11 Å². The summed E-state index contributed by atoms with van der Waals surface area (Å²) >= 11 is 12.2. The van der Waals surface area contributed by atoms with Gasteiger partial charge < -0.3 is 19.2 Å². The molecule has 0 saturated heterocycles. The SMILES string of the molecule is Br.CN(C)CC(Cc1nnc(C(O)(c2ccccc2)C2CCCCC2)o1)OCc1ccc(Cl)c(Cl)c1. The maximum Gasteiger partial charge on any atom is 0.252 e. The van der Waals surface area contributed by atoms with E-state index in [4.69, 9.17) is 32.4 Å². The highest BCUT2D eigenvalue weighted by Gasteiger charge is 2.45. The van der Waals surface area contributed by atoms with E-state index < -0.39 is 5.60 Å². The third kappa shape index (κ3) is 7.09. The number of halogens is 3. The molecule has 1 aromatic heterocycles. The van der Waals surface area contributed by atoms with Crippen molar-refractivity contribution in [2.75, 3.05) is 20.6 Å². The molecule has 0 aliphatic heterocycles. The summed E-state index contributed by atoms with van der Waals surface area (Å²) in [6, 6.07) is 15.2. The van der Waals surface area contributed by atoms with Crippen molar-refractivity contribution >= 4 is 40.2 Å². The molecule has 0 spiro atoms. The molecule has 0 radical (unpaired) electrons. The van der Waals surface area contributed by atoms with Gasteiger partial charge in [-0.1, -0.05) is 78.9 Å². The number of likely N-dealkylation sites (N-methyl/N-ethyl adjacent to an activating group) is 1. The topological polar surface area (TPSA) is 71.6 Å². The summed E-state index contributed by atoms with van der Waals surface area (Å²) in [5.74, 6) is 0.750. The first-order valence-corrected chi connectivity index (χ1v) is 12.9. The molecule has 2 atom stereocenters. The van der Waals surface area contributed by atoms with Crippen LogP contribution in [0.3, 0.4) is 0 Å². The van der Waals surface area contributed by atoms with Crippen molar-refractivity contribution in [3.05, 3.63) is 81.5 Å². The monoisotopic (exact) mass is 597 g/mol. The molecule has 0 bridgehead atoms. The zero-order valence-electron chi connectivity index (χ0n) is 20.7. The average molecular weight is 599 g/mol. The molecule has 4 rings (SSSR count). The van der Waals surface area contributed by atoms with E-state index in [0.717, 1.165) is 36.8 Å². The van der Waals surface area contributed by atoms with Crippen molar-refractivity contribution < 1.29 is 14.3 Å². The van der Waals surface area contributed by atoms with Gasteiger partial charge in [-0.05, 0) is 50.2 Å². The van der Waals surface area contributed by atoms with Crippen LogP contribution < -0.4 is 0 Å². The van der Waals surface area contributed by atoms with Gasteiger partial charge in [-0.15, -0.1) is 27.2 Å². The maximum absolute atomic E-state index is 12.0. The van der Waals surface area contributed by atoms with Gasteiger partial charge >= 0.3 is 0 Å². The van der Waals surface area contributed by atoms with Crippen molar-refractivity contribution in [2.45, 2.75) is 56.8 Å². The van der Waals surface area contributed by atoms with Gasteiger partial charge in [0.2, 0.25) is 5.89 Å². The van der Waals surface area contributed by atoms with E-state index in [1.807, 2.05) is 56.6 Å². The molecule has 196 valence electrons. The fourth-order valence-electron chi connectivity index (χ4n) is 4.86. The van der Waals surface area contributed by atoms with Gasteiger partial charge in [-0.2, -0.15) is 0 Å². The highest BCUT2D eigenvalue weighted by Crippen LogP contribution is 2.43. The molecule has 36 heavy (non-hydrogen) atoms. The van der Waals surface area contributed by atoms with Crippen molar-refractivity contribution in [2.24, 2.45) is 5.92 Å². The third-order valence-corrected chi connectivity index (χ3v) is 7.38. The second-order valence-electron chi connectivity index (χ2n) is 9.62. The Morgan fingerprint density at radius 2 is 1.78 bits per heavy atom. The van der Waals surface area contributed by atoms with Crippen LogP contribution in [-0.4, -0.2) is 46.9 Å². The van der Waals surface area contributed by atoms with E-state index >= 15 is 0 Å². The molecule has 9 heteroatoms. The van der Waals surface area contributed by atoms with E-state index in [0.29, 0.717) is 35.5 Å². The van der Waals surface area contributed by atoms with Gasteiger partial charge in [0.15, 0.2) is 5.60 Å². The fraction of sp³-hybridized carbons (Fsp3) is 0.481. The van der Waals surface area contributed by atoms with Crippen LogP contribution in [0.15, 0.2) is 52.9 Å². The van der Waals surface area contributed by atoms with Gasteiger partial charge in [-0.25, -0.2) is 0 Å². The Bertz CT molecular complexity index is 1090. The summed E-state index contributed by atoms with van der Waals surface area (Å²) in [5.41, 5.74) is 0.429. The maximum atomic E-state index is 12.0. The molecule has 0 amide bonds. The molecule has 2 unspecified atom stereocenters. The minimum Gasteiger partial charge on any atom is -0.422 e. The lowest BCUT2D eigenvalue weighted by Crippen LogP contribution is -2.38.